The number of aliphatic carboxylic acids is 1. The van der Waals surface area contributed by atoms with Crippen LogP contribution in [0.1, 0.15) is 37.7 Å². The quantitative estimate of drug-likeness (QED) is 0.859. The number of rotatable bonds is 2. The van der Waals surface area contributed by atoms with Crippen LogP contribution in [-0.4, -0.2) is 39.3 Å². The van der Waals surface area contributed by atoms with Gasteiger partial charge in [-0.1, -0.05) is 20.8 Å². The third kappa shape index (κ3) is 2.41. The number of hydrogen-bond acceptors (Lipinski definition) is 3. The molecule has 0 amide bonds. The van der Waals surface area contributed by atoms with Gasteiger partial charge in [-0.3, -0.25) is 9.48 Å². The average molecular weight is 251 g/mol. The minimum atomic E-state index is -0.834. The zero-order valence-electron chi connectivity index (χ0n) is 11.5. The van der Waals surface area contributed by atoms with E-state index in [4.69, 9.17) is 5.11 Å². The molecule has 5 heteroatoms. The number of carboxylic acid groups (broad SMARTS) is 1. The zero-order chi connectivity index (χ0) is 13.5. The molecule has 0 saturated carbocycles. The first-order valence-electron chi connectivity index (χ1n) is 6.28. The van der Waals surface area contributed by atoms with E-state index in [1.807, 2.05) is 0 Å². The van der Waals surface area contributed by atoms with Crippen LogP contribution in [-0.2, 0) is 29.7 Å². The number of carboxylic acids is 1. The lowest BCUT2D eigenvalue weighted by atomic mass is 9.87. The maximum Gasteiger partial charge on any atom is 0.325 e. The van der Waals surface area contributed by atoms with E-state index in [1.54, 1.807) is 4.68 Å². The Bertz CT molecular complexity index is 471. The summed E-state index contributed by atoms with van der Waals surface area (Å²) in [7, 11) is 2.09. The van der Waals surface area contributed by atoms with E-state index in [1.165, 1.54) is 5.56 Å². The normalized spacial score (nSPS) is 16.7. The Morgan fingerprint density at radius 3 is 2.67 bits per heavy atom. The van der Waals surface area contributed by atoms with Crippen LogP contribution in [0.15, 0.2) is 0 Å². The summed E-state index contributed by atoms with van der Waals surface area (Å²) < 4.78 is 1.67. The van der Waals surface area contributed by atoms with Crippen LogP contribution >= 0.6 is 0 Å². The number of aromatic nitrogens is 2. The summed E-state index contributed by atoms with van der Waals surface area (Å²) in [4.78, 5) is 13.2. The Hall–Kier alpha value is -1.36. The maximum atomic E-state index is 10.9. The van der Waals surface area contributed by atoms with Crippen molar-refractivity contribution in [3.63, 3.8) is 0 Å². The third-order valence-corrected chi connectivity index (χ3v) is 3.32. The largest absolute Gasteiger partial charge is 0.480 e. The summed E-state index contributed by atoms with van der Waals surface area (Å²) in [5.74, 6) is -0.834. The number of carbonyl (C=O) groups is 1. The SMILES string of the molecule is CN1CCc2c(c(C(C)(C)C)nn2CC(=O)O)C1. The molecule has 1 N–H and O–H groups in total. The van der Waals surface area contributed by atoms with Gasteiger partial charge in [0.2, 0.25) is 0 Å². The highest BCUT2D eigenvalue weighted by Crippen LogP contribution is 2.30. The molecule has 0 aliphatic carbocycles. The van der Waals surface area contributed by atoms with Gasteiger partial charge in [0.05, 0.1) is 5.69 Å². The van der Waals surface area contributed by atoms with E-state index in [0.717, 1.165) is 30.9 Å². The summed E-state index contributed by atoms with van der Waals surface area (Å²) in [5, 5.41) is 13.5. The Morgan fingerprint density at radius 2 is 2.11 bits per heavy atom. The first kappa shape index (κ1) is 13.1. The first-order chi connectivity index (χ1) is 8.29. The minimum absolute atomic E-state index is 0.0396. The topological polar surface area (TPSA) is 58.4 Å². The van der Waals surface area contributed by atoms with Crippen LogP contribution < -0.4 is 0 Å². The fraction of sp³-hybridized carbons (Fsp3) is 0.692. The molecule has 2 heterocycles. The predicted octanol–water partition coefficient (Wildman–Crippen LogP) is 1.25. The van der Waals surface area contributed by atoms with Crippen molar-refractivity contribution in [2.75, 3.05) is 13.6 Å². The number of likely N-dealkylation sites (N-methyl/N-ethyl adjacent to an activating group) is 1. The average Bonchev–Trinajstić information content (AvgIpc) is 2.55. The summed E-state index contributed by atoms with van der Waals surface area (Å²) in [5.41, 5.74) is 3.30. The maximum absolute atomic E-state index is 10.9. The fourth-order valence-corrected chi connectivity index (χ4v) is 2.49. The molecule has 0 atom stereocenters. The number of fused-ring (bicyclic) bond motifs is 1. The van der Waals surface area contributed by atoms with E-state index in [9.17, 15) is 4.79 Å². The van der Waals surface area contributed by atoms with Crippen LogP contribution in [0.5, 0.6) is 0 Å². The van der Waals surface area contributed by atoms with E-state index < -0.39 is 5.97 Å². The van der Waals surface area contributed by atoms with Crippen molar-refractivity contribution < 1.29 is 9.90 Å². The van der Waals surface area contributed by atoms with Gasteiger partial charge in [0, 0.05) is 36.2 Å². The van der Waals surface area contributed by atoms with Crippen LogP contribution in [0.25, 0.3) is 0 Å². The molecule has 0 aromatic carbocycles. The van der Waals surface area contributed by atoms with E-state index in [0.29, 0.717) is 0 Å². The highest BCUT2D eigenvalue weighted by atomic mass is 16.4. The Balaban J connectivity index is 2.48. The van der Waals surface area contributed by atoms with Gasteiger partial charge in [-0.05, 0) is 7.05 Å². The van der Waals surface area contributed by atoms with Gasteiger partial charge in [0.15, 0.2) is 0 Å². The van der Waals surface area contributed by atoms with Crippen molar-refractivity contribution in [1.29, 1.82) is 0 Å². The standard InChI is InChI=1S/C13H21N3O2/c1-13(2,3)12-9-7-15(4)6-5-10(9)16(14-12)8-11(17)18/h5-8H2,1-4H3,(H,17,18). The summed E-state index contributed by atoms with van der Waals surface area (Å²) in [6.07, 6.45) is 0.877. The lowest BCUT2D eigenvalue weighted by Crippen LogP contribution is -2.29. The van der Waals surface area contributed by atoms with Gasteiger partial charge >= 0.3 is 5.97 Å². The second-order valence-corrected chi connectivity index (χ2v) is 6.06. The minimum Gasteiger partial charge on any atom is -0.480 e. The van der Waals surface area contributed by atoms with E-state index in [-0.39, 0.29) is 12.0 Å². The summed E-state index contributed by atoms with van der Waals surface area (Å²) >= 11 is 0. The Kier molecular flexibility index (Phi) is 3.19. The highest BCUT2D eigenvalue weighted by molar-refractivity contribution is 5.66. The van der Waals surface area contributed by atoms with Crippen molar-refractivity contribution in [2.45, 2.75) is 45.7 Å². The van der Waals surface area contributed by atoms with Crippen molar-refractivity contribution >= 4 is 5.97 Å². The second kappa shape index (κ2) is 4.39. The van der Waals surface area contributed by atoms with Crippen LogP contribution in [0, 0.1) is 0 Å². The number of hydrogen-bond donors (Lipinski definition) is 1. The molecule has 1 aliphatic rings. The van der Waals surface area contributed by atoms with Crippen molar-refractivity contribution in [3.8, 4) is 0 Å². The van der Waals surface area contributed by atoms with Crippen LogP contribution in [0.2, 0.25) is 0 Å². The van der Waals surface area contributed by atoms with Gasteiger partial charge in [-0.15, -0.1) is 0 Å². The van der Waals surface area contributed by atoms with Gasteiger partial charge < -0.3 is 10.0 Å². The predicted molar refractivity (Wildman–Crippen MR) is 68.6 cm³/mol. The first-order valence-corrected chi connectivity index (χ1v) is 6.28. The molecule has 0 bridgehead atoms. The lowest BCUT2D eigenvalue weighted by Gasteiger charge is -2.25. The summed E-state index contributed by atoms with van der Waals surface area (Å²) in [6, 6.07) is 0. The van der Waals surface area contributed by atoms with Crippen molar-refractivity contribution in [2.24, 2.45) is 0 Å². The molecule has 5 nitrogen and oxygen atoms in total. The molecule has 0 spiro atoms. The third-order valence-electron chi connectivity index (χ3n) is 3.32. The molecule has 100 valence electrons. The Labute approximate surface area is 107 Å². The molecule has 1 aliphatic heterocycles. The monoisotopic (exact) mass is 251 g/mol. The van der Waals surface area contributed by atoms with Gasteiger partial charge in [-0.2, -0.15) is 5.10 Å². The smallest absolute Gasteiger partial charge is 0.325 e. The molecular formula is C13H21N3O2. The molecule has 1 aromatic heterocycles. The molecule has 2 rings (SSSR count). The van der Waals surface area contributed by atoms with Crippen LogP contribution in [0.4, 0.5) is 0 Å². The van der Waals surface area contributed by atoms with Gasteiger partial charge in [0.1, 0.15) is 6.54 Å². The highest BCUT2D eigenvalue weighted by Gasteiger charge is 2.29. The Morgan fingerprint density at radius 1 is 1.44 bits per heavy atom. The molecular weight excluding hydrogens is 230 g/mol. The molecule has 0 saturated heterocycles. The van der Waals surface area contributed by atoms with E-state index >= 15 is 0 Å². The summed E-state index contributed by atoms with van der Waals surface area (Å²) in [6.45, 7) is 8.14. The lowest BCUT2D eigenvalue weighted by molar-refractivity contribution is -0.137. The van der Waals surface area contributed by atoms with Gasteiger partial charge in [-0.25, -0.2) is 0 Å². The van der Waals surface area contributed by atoms with E-state index in [2.05, 4.69) is 37.8 Å². The van der Waals surface area contributed by atoms with Crippen molar-refractivity contribution in [1.82, 2.24) is 14.7 Å². The zero-order valence-corrected chi connectivity index (χ0v) is 11.5. The van der Waals surface area contributed by atoms with Gasteiger partial charge in [0.25, 0.3) is 0 Å². The second-order valence-electron chi connectivity index (χ2n) is 6.06. The molecule has 0 fully saturated rings. The fourth-order valence-electron chi connectivity index (χ4n) is 2.49. The van der Waals surface area contributed by atoms with Crippen LogP contribution in [0.3, 0.4) is 0 Å². The molecule has 18 heavy (non-hydrogen) atoms. The molecule has 1 aromatic rings. The number of nitrogens with zero attached hydrogens (tertiary/aromatic N) is 3. The molecule has 0 unspecified atom stereocenters. The molecule has 0 radical (unpaired) electrons. The van der Waals surface area contributed by atoms with Crippen molar-refractivity contribution in [3.05, 3.63) is 17.0 Å².